The van der Waals surface area contributed by atoms with Gasteiger partial charge in [0.05, 0.1) is 5.69 Å². The fourth-order valence-corrected chi connectivity index (χ4v) is 3.45. The van der Waals surface area contributed by atoms with Crippen LogP contribution in [0.1, 0.15) is 6.42 Å². The average molecular weight is 419 g/mol. The molecule has 0 radical (unpaired) electrons. The summed E-state index contributed by atoms with van der Waals surface area (Å²) in [5.74, 6) is -1.58. The van der Waals surface area contributed by atoms with Crippen LogP contribution in [-0.4, -0.2) is 56.0 Å². The summed E-state index contributed by atoms with van der Waals surface area (Å²) in [6.45, 7) is 4.40. The lowest BCUT2D eigenvalue weighted by Crippen LogP contribution is -2.47. The summed E-state index contributed by atoms with van der Waals surface area (Å²) in [7, 11) is 0. The van der Waals surface area contributed by atoms with Crippen LogP contribution < -0.4 is 15.5 Å². The standard InChI is InChI=1S/C21H24ClFN4O2/c22-16-5-3-6-17(15-16)25-21(29)20(28)24-9-4-10-26-11-13-27(14-12-26)19-8-2-1-7-18(19)23/h1-3,5-8,15H,4,9-14H2,(H,24,28)(H,25,29). The minimum absolute atomic E-state index is 0.195. The maximum absolute atomic E-state index is 13.9. The van der Waals surface area contributed by atoms with Crippen LogP contribution in [0.5, 0.6) is 0 Å². The van der Waals surface area contributed by atoms with E-state index in [-0.39, 0.29) is 5.82 Å². The lowest BCUT2D eigenvalue weighted by atomic mass is 10.2. The van der Waals surface area contributed by atoms with Crippen molar-refractivity contribution in [2.45, 2.75) is 6.42 Å². The molecule has 0 aliphatic carbocycles. The van der Waals surface area contributed by atoms with E-state index in [2.05, 4.69) is 15.5 Å². The predicted molar refractivity (Wildman–Crippen MR) is 113 cm³/mol. The summed E-state index contributed by atoms with van der Waals surface area (Å²) in [4.78, 5) is 28.1. The van der Waals surface area contributed by atoms with Crippen LogP contribution in [0.4, 0.5) is 15.8 Å². The largest absolute Gasteiger partial charge is 0.367 e. The van der Waals surface area contributed by atoms with Gasteiger partial charge in [0.15, 0.2) is 0 Å². The number of carbonyl (C=O) groups excluding carboxylic acids is 2. The zero-order chi connectivity index (χ0) is 20.6. The van der Waals surface area contributed by atoms with Crippen molar-refractivity contribution in [3.05, 3.63) is 59.4 Å². The van der Waals surface area contributed by atoms with Gasteiger partial charge in [-0.05, 0) is 43.3 Å². The van der Waals surface area contributed by atoms with E-state index in [1.165, 1.54) is 6.07 Å². The number of amides is 2. The number of anilines is 2. The lowest BCUT2D eigenvalue weighted by molar-refractivity contribution is -0.136. The first kappa shape index (κ1) is 21.1. The monoisotopic (exact) mass is 418 g/mol. The van der Waals surface area contributed by atoms with Gasteiger partial charge in [-0.3, -0.25) is 14.5 Å². The molecule has 1 heterocycles. The Kier molecular flexibility index (Phi) is 7.43. The number of nitrogens with zero attached hydrogens (tertiary/aromatic N) is 2. The van der Waals surface area contributed by atoms with Gasteiger partial charge in [0, 0.05) is 43.4 Å². The Morgan fingerprint density at radius 2 is 1.76 bits per heavy atom. The van der Waals surface area contributed by atoms with Crippen molar-refractivity contribution < 1.29 is 14.0 Å². The van der Waals surface area contributed by atoms with Gasteiger partial charge in [-0.25, -0.2) is 4.39 Å². The van der Waals surface area contributed by atoms with E-state index < -0.39 is 11.8 Å². The Morgan fingerprint density at radius 1 is 1.00 bits per heavy atom. The second-order valence-electron chi connectivity index (χ2n) is 6.85. The molecule has 0 aromatic heterocycles. The summed E-state index contributed by atoms with van der Waals surface area (Å²) < 4.78 is 13.9. The molecule has 1 fully saturated rings. The fourth-order valence-electron chi connectivity index (χ4n) is 3.26. The highest BCUT2D eigenvalue weighted by molar-refractivity contribution is 6.39. The predicted octanol–water partition coefficient (Wildman–Crippen LogP) is 2.75. The van der Waals surface area contributed by atoms with Crippen molar-refractivity contribution in [2.75, 3.05) is 49.5 Å². The number of nitrogens with one attached hydrogen (secondary N) is 2. The van der Waals surface area contributed by atoms with Crippen LogP contribution in [0, 0.1) is 5.82 Å². The van der Waals surface area contributed by atoms with E-state index in [0.29, 0.717) is 22.9 Å². The van der Waals surface area contributed by atoms with Gasteiger partial charge in [-0.1, -0.05) is 29.8 Å². The summed E-state index contributed by atoms with van der Waals surface area (Å²) in [6, 6.07) is 13.4. The van der Waals surface area contributed by atoms with Crippen molar-refractivity contribution in [1.29, 1.82) is 0 Å². The average Bonchev–Trinajstić information content (AvgIpc) is 2.72. The third kappa shape index (κ3) is 6.17. The molecule has 0 spiro atoms. The van der Waals surface area contributed by atoms with E-state index in [4.69, 9.17) is 11.6 Å². The Hall–Kier alpha value is -2.64. The van der Waals surface area contributed by atoms with Crippen molar-refractivity contribution in [2.24, 2.45) is 0 Å². The normalized spacial score (nSPS) is 14.5. The maximum atomic E-state index is 13.9. The van der Waals surface area contributed by atoms with E-state index in [1.54, 1.807) is 36.4 Å². The highest BCUT2D eigenvalue weighted by atomic mass is 35.5. The minimum Gasteiger partial charge on any atom is -0.367 e. The molecule has 1 aliphatic heterocycles. The van der Waals surface area contributed by atoms with E-state index in [9.17, 15) is 14.0 Å². The van der Waals surface area contributed by atoms with Crippen molar-refractivity contribution in [3.63, 3.8) is 0 Å². The number of carbonyl (C=O) groups is 2. The topological polar surface area (TPSA) is 64.7 Å². The number of hydrogen-bond donors (Lipinski definition) is 2. The third-order valence-corrected chi connectivity index (χ3v) is 5.03. The summed E-state index contributed by atoms with van der Waals surface area (Å²) >= 11 is 5.86. The Balaban J connectivity index is 1.33. The first-order valence-corrected chi connectivity index (χ1v) is 9.97. The molecule has 8 heteroatoms. The highest BCUT2D eigenvalue weighted by Gasteiger charge is 2.19. The Labute approximate surface area is 174 Å². The molecular weight excluding hydrogens is 395 g/mol. The number of hydrogen-bond acceptors (Lipinski definition) is 4. The van der Waals surface area contributed by atoms with Crippen molar-refractivity contribution >= 4 is 34.8 Å². The highest BCUT2D eigenvalue weighted by Crippen LogP contribution is 2.20. The fraction of sp³-hybridized carbons (Fsp3) is 0.333. The molecule has 1 aliphatic rings. The second-order valence-corrected chi connectivity index (χ2v) is 7.29. The molecule has 2 amide bonds. The molecule has 0 saturated carbocycles. The number of para-hydroxylation sites is 1. The first-order chi connectivity index (χ1) is 14.0. The number of halogens is 2. The molecule has 2 aromatic rings. The molecule has 2 aromatic carbocycles. The molecule has 1 saturated heterocycles. The summed E-state index contributed by atoms with van der Waals surface area (Å²) in [6.07, 6.45) is 0.732. The van der Waals surface area contributed by atoms with Crippen LogP contribution in [0.2, 0.25) is 5.02 Å². The molecule has 2 N–H and O–H groups in total. The number of benzene rings is 2. The van der Waals surface area contributed by atoms with Crippen LogP contribution >= 0.6 is 11.6 Å². The summed E-state index contributed by atoms with van der Waals surface area (Å²) in [5.41, 5.74) is 1.12. The third-order valence-electron chi connectivity index (χ3n) is 4.79. The SMILES string of the molecule is O=C(NCCCN1CCN(c2ccccc2F)CC1)C(=O)Nc1cccc(Cl)c1. The van der Waals surface area contributed by atoms with Gasteiger partial charge in [0.1, 0.15) is 5.82 Å². The van der Waals surface area contributed by atoms with Gasteiger partial charge in [-0.2, -0.15) is 0 Å². The zero-order valence-electron chi connectivity index (χ0n) is 16.0. The maximum Gasteiger partial charge on any atom is 0.313 e. The van der Waals surface area contributed by atoms with Crippen LogP contribution in [-0.2, 0) is 9.59 Å². The van der Waals surface area contributed by atoms with E-state index in [0.717, 1.165) is 39.1 Å². The lowest BCUT2D eigenvalue weighted by Gasteiger charge is -2.36. The van der Waals surface area contributed by atoms with Gasteiger partial charge >= 0.3 is 11.8 Å². The smallest absolute Gasteiger partial charge is 0.313 e. The van der Waals surface area contributed by atoms with Gasteiger partial charge in [0.25, 0.3) is 0 Å². The zero-order valence-corrected chi connectivity index (χ0v) is 16.8. The first-order valence-electron chi connectivity index (χ1n) is 9.59. The molecule has 0 bridgehead atoms. The minimum atomic E-state index is -0.717. The number of piperazine rings is 1. The molecule has 29 heavy (non-hydrogen) atoms. The van der Waals surface area contributed by atoms with Crippen molar-refractivity contribution in [3.8, 4) is 0 Å². The quantitative estimate of drug-likeness (QED) is 0.559. The molecule has 3 rings (SSSR count). The molecule has 0 atom stereocenters. The van der Waals surface area contributed by atoms with Gasteiger partial charge in [-0.15, -0.1) is 0 Å². The van der Waals surface area contributed by atoms with Crippen LogP contribution in [0.15, 0.2) is 48.5 Å². The second kappa shape index (κ2) is 10.2. The molecule has 154 valence electrons. The van der Waals surface area contributed by atoms with Gasteiger partial charge < -0.3 is 15.5 Å². The van der Waals surface area contributed by atoms with E-state index in [1.807, 2.05) is 11.0 Å². The number of rotatable bonds is 6. The molecular formula is C21H24ClFN4O2. The van der Waals surface area contributed by atoms with Gasteiger partial charge in [0.2, 0.25) is 0 Å². The van der Waals surface area contributed by atoms with Crippen LogP contribution in [0.3, 0.4) is 0 Å². The van der Waals surface area contributed by atoms with Crippen LogP contribution in [0.25, 0.3) is 0 Å². The molecule has 0 unspecified atom stereocenters. The van der Waals surface area contributed by atoms with Crippen molar-refractivity contribution in [1.82, 2.24) is 10.2 Å². The Bertz CT molecular complexity index is 856. The molecule has 6 nitrogen and oxygen atoms in total. The van der Waals surface area contributed by atoms with E-state index >= 15 is 0 Å². The Morgan fingerprint density at radius 3 is 2.48 bits per heavy atom. The summed E-state index contributed by atoms with van der Waals surface area (Å²) in [5, 5.41) is 5.63.